The summed E-state index contributed by atoms with van der Waals surface area (Å²) in [5.74, 6) is 5.74. The molecule has 0 spiro atoms. The molecule has 3 aromatic rings. The number of aliphatic hydroxyl groups is 1. The number of ether oxygens (including phenoxy) is 1. The fourth-order valence-corrected chi connectivity index (χ4v) is 4.54. The van der Waals surface area contributed by atoms with Gasteiger partial charge in [-0.25, -0.2) is 9.97 Å². The van der Waals surface area contributed by atoms with Crippen LogP contribution in [0.1, 0.15) is 48.0 Å². The Morgan fingerprint density at radius 3 is 2.66 bits per heavy atom. The van der Waals surface area contributed by atoms with Gasteiger partial charge in [-0.2, -0.15) is 0 Å². The summed E-state index contributed by atoms with van der Waals surface area (Å²) in [6.07, 6.45) is 4.94. The SMILES string of the molecule is CC#Cc1ccc(C(O)c2ccc3c(c2)CC(C)(OC)c2nccnc2S3)cn1. The van der Waals surface area contributed by atoms with Crippen molar-refractivity contribution in [1.82, 2.24) is 15.0 Å². The zero-order chi connectivity index (χ0) is 20.4. The third-order valence-electron chi connectivity index (χ3n) is 5.11. The van der Waals surface area contributed by atoms with Crippen LogP contribution in [0.4, 0.5) is 0 Å². The van der Waals surface area contributed by atoms with Gasteiger partial charge >= 0.3 is 0 Å². The van der Waals surface area contributed by atoms with E-state index >= 15 is 0 Å². The Morgan fingerprint density at radius 1 is 1.14 bits per heavy atom. The van der Waals surface area contributed by atoms with Gasteiger partial charge in [-0.3, -0.25) is 4.98 Å². The Hall–Kier alpha value is -2.72. The number of hydrogen-bond donors (Lipinski definition) is 1. The summed E-state index contributed by atoms with van der Waals surface area (Å²) in [5, 5.41) is 11.8. The van der Waals surface area contributed by atoms with Gasteiger partial charge in [-0.1, -0.05) is 35.9 Å². The lowest BCUT2D eigenvalue weighted by Crippen LogP contribution is -2.29. The number of aliphatic hydroxyl groups excluding tert-OH is 1. The first-order valence-electron chi connectivity index (χ1n) is 9.28. The van der Waals surface area contributed by atoms with Gasteiger partial charge in [0.05, 0.1) is 0 Å². The number of nitrogens with zero attached hydrogens (tertiary/aromatic N) is 3. The highest BCUT2D eigenvalue weighted by Gasteiger charge is 2.35. The topological polar surface area (TPSA) is 68.1 Å². The van der Waals surface area contributed by atoms with E-state index in [1.807, 2.05) is 37.3 Å². The molecule has 2 unspecified atom stereocenters. The second-order valence-electron chi connectivity index (χ2n) is 7.05. The maximum atomic E-state index is 10.9. The van der Waals surface area contributed by atoms with Crippen LogP contribution in [0, 0.1) is 11.8 Å². The van der Waals surface area contributed by atoms with Crippen LogP contribution in [0.2, 0.25) is 0 Å². The molecular formula is C23H21N3O2S. The Balaban J connectivity index is 1.70. The summed E-state index contributed by atoms with van der Waals surface area (Å²) in [4.78, 5) is 14.4. The molecule has 1 N–H and O–H groups in total. The van der Waals surface area contributed by atoms with E-state index in [1.54, 1.807) is 44.4 Å². The van der Waals surface area contributed by atoms with Crippen molar-refractivity contribution in [2.24, 2.45) is 0 Å². The predicted molar refractivity (Wildman–Crippen MR) is 112 cm³/mol. The molecule has 0 saturated carbocycles. The van der Waals surface area contributed by atoms with E-state index in [9.17, 15) is 5.11 Å². The van der Waals surface area contributed by atoms with Crippen LogP contribution >= 0.6 is 11.8 Å². The second-order valence-corrected chi connectivity index (χ2v) is 8.08. The molecule has 0 amide bonds. The number of aromatic nitrogens is 3. The lowest BCUT2D eigenvalue weighted by molar-refractivity contribution is -0.00444. The van der Waals surface area contributed by atoms with Gasteiger partial charge in [0.1, 0.15) is 28.1 Å². The largest absolute Gasteiger partial charge is 0.384 e. The molecule has 1 aliphatic heterocycles. The molecule has 3 heterocycles. The van der Waals surface area contributed by atoms with Crippen molar-refractivity contribution in [2.75, 3.05) is 7.11 Å². The fourth-order valence-electron chi connectivity index (χ4n) is 3.45. The highest BCUT2D eigenvalue weighted by atomic mass is 32.2. The average molecular weight is 404 g/mol. The van der Waals surface area contributed by atoms with E-state index in [0.29, 0.717) is 12.1 Å². The van der Waals surface area contributed by atoms with Crippen LogP contribution < -0.4 is 0 Å². The monoisotopic (exact) mass is 403 g/mol. The molecule has 2 atom stereocenters. The van der Waals surface area contributed by atoms with Gasteiger partial charge in [0.25, 0.3) is 0 Å². The molecule has 0 bridgehead atoms. The smallest absolute Gasteiger partial charge is 0.125 e. The van der Waals surface area contributed by atoms with Crippen molar-refractivity contribution < 1.29 is 9.84 Å². The van der Waals surface area contributed by atoms with Crippen LogP contribution in [0.15, 0.2) is 58.8 Å². The molecule has 0 aliphatic carbocycles. The first-order chi connectivity index (χ1) is 14.0. The van der Waals surface area contributed by atoms with E-state index in [4.69, 9.17) is 4.74 Å². The molecule has 1 aliphatic rings. The summed E-state index contributed by atoms with van der Waals surface area (Å²) in [5.41, 5.74) is 3.57. The van der Waals surface area contributed by atoms with Crippen molar-refractivity contribution >= 4 is 11.8 Å². The predicted octanol–water partition coefficient (Wildman–Crippen LogP) is 3.89. The fraction of sp³-hybridized carbons (Fsp3) is 0.261. The average Bonchev–Trinajstić information content (AvgIpc) is 2.88. The van der Waals surface area contributed by atoms with Crippen LogP contribution in [-0.2, 0) is 16.8 Å². The Bertz CT molecular complexity index is 1110. The van der Waals surface area contributed by atoms with Crippen LogP contribution in [0.3, 0.4) is 0 Å². The Kier molecular flexibility index (Phi) is 5.37. The van der Waals surface area contributed by atoms with E-state index in [1.165, 1.54) is 0 Å². The van der Waals surface area contributed by atoms with E-state index < -0.39 is 11.7 Å². The highest BCUT2D eigenvalue weighted by molar-refractivity contribution is 7.99. The lowest BCUT2D eigenvalue weighted by Gasteiger charge is -2.27. The molecule has 6 heteroatoms. The number of fused-ring (bicyclic) bond motifs is 2. The van der Waals surface area contributed by atoms with Gasteiger partial charge in [0.15, 0.2) is 0 Å². The number of benzene rings is 1. The first kappa shape index (κ1) is 19.6. The molecule has 5 nitrogen and oxygen atoms in total. The number of pyridine rings is 1. The van der Waals surface area contributed by atoms with E-state index in [2.05, 4.69) is 26.8 Å². The van der Waals surface area contributed by atoms with Gasteiger partial charge in [0.2, 0.25) is 0 Å². The number of methoxy groups -OCH3 is 1. The summed E-state index contributed by atoms with van der Waals surface area (Å²) >= 11 is 1.58. The van der Waals surface area contributed by atoms with Crippen molar-refractivity contribution in [3.05, 3.63) is 77.0 Å². The maximum absolute atomic E-state index is 10.9. The van der Waals surface area contributed by atoms with Crippen LogP contribution in [-0.4, -0.2) is 27.2 Å². The standard InChI is InChI=1S/C23H21N3O2S/c1-4-5-18-8-6-16(14-26-18)20(27)15-7-9-19-17(12-15)13-23(2,28-3)21-22(29-19)25-11-10-24-21/h6-12,14,20,27H,13H2,1-3H3. The third kappa shape index (κ3) is 3.77. The zero-order valence-corrected chi connectivity index (χ0v) is 17.3. The van der Waals surface area contributed by atoms with Gasteiger partial charge in [0, 0.05) is 42.6 Å². The van der Waals surface area contributed by atoms with Crippen LogP contribution in [0.5, 0.6) is 0 Å². The summed E-state index contributed by atoms with van der Waals surface area (Å²) < 4.78 is 5.86. The normalized spacial score (nSPS) is 18.6. The molecule has 146 valence electrons. The second kappa shape index (κ2) is 7.96. The number of rotatable bonds is 3. The minimum Gasteiger partial charge on any atom is -0.384 e. The molecular weight excluding hydrogens is 382 g/mol. The number of hydrogen-bond acceptors (Lipinski definition) is 6. The van der Waals surface area contributed by atoms with Gasteiger partial charge in [-0.05, 0) is 43.0 Å². The van der Waals surface area contributed by atoms with Crippen molar-refractivity contribution in [1.29, 1.82) is 0 Å². The summed E-state index contributed by atoms with van der Waals surface area (Å²) in [7, 11) is 1.69. The summed E-state index contributed by atoms with van der Waals surface area (Å²) in [6, 6.07) is 9.70. The molecule has 2 aromatic heterocycles. The molecule has 4 rings (SSSR count). The lowest BCUT2D eigenvalue weighted by atomic mass is 9.91. The molecule has 0 saturated heterocycles. The van der Waals surface area contributed by atoms with Crippen molar-refractivity contribution in [2.45, 2.75) is 41.9 Å². The van der Waals surface area contributed by atoms with Crippen molar-refractivity contribution in [3.8, 4) is 11.8 Å². The van der Waals surface area contributed by atoms with Gasteiger partial charge < -0.3 is 9.84 Å². The molecule has 29 heavy (non-hydrogen) atoms. The quantitative estimate of drug-likeness (QED) is 0.669. The van der Waals surface area contributed by atoms with E-state index in [-0.39, 0.29) is 0 Å². The van der Waals surface area contributed by atoms with Gasteiger partial charge in [-0.15, -0.1) is 0 Å². The first-order valence-corrected chi connectivity index (χ1v) is 10.1. The minimum absolute atomic E-state index is 0.590. The Labute approximate surface area is 174 Å². The molecule has 0 radical (unpaired) electrons. The highest BCUT2D eigenvalue weighted by Crippen LogP contribution is 2.43. The van der Waals surface area contributed by atoms with E-state index in [0.717, 1.165) is 32.3 Å². The summed E-state index contributed by atoms with van der Waals surface area (Å²) in [6.45, 7) is 3.80. The minimum atomic E-state index is -0.767. The maximum Gasteiger partial charge on any atom is 0.125 e. The third-order valence-corrected chi connectivity index (χ3v) is 6.22. The molecule has 0 fully saturated rings. The Morgan fingerprint density at radius 2 is 1.93 bits per heavy atom. The molecule has 1 aromatic carbocycles. The van der Waals surface area contributed by atoms with Crippen molar-refractivity contribution in [3.63, 3.8) is 0 Å². The van der Waals surface area contributed by atoms with Crippen LogP contribution in [0.25, 0.3) is 0 Å². The zero-order valence-electron chi connectivity index (χ0n) is 16.5.